The number of hydrogen-bond acceptors (Lipinski definition) is 2. The molecule has 0 fully saturated rings. The van der Waals surface area contributed by atoms with Crippen molar-refractivity contribution in [1.29, 1.82) is 0 Å². The molecule has 0 aromatic heterocycles. The second-order valence-corrected chi connectivity index (χ2v) is 3.88. The van der Waals surface area contributed by atoms with Crippen molar-refractivity contribution < 1.29 is 0 Å². The first-order valence-electron chi connectivity index (χ1n) is 5.12. The summed E-state index contributed by atoms with van der Waals surface area (Å²) in [6.07, 6.45) is 1.03. The number of hydrogen-bond donors (Lipinski definition) is 1. The fourth-order valence-electron chi connectivity index (χ4n) is 1.82. The topological polar surface area (TPSA) is 29.3 Å². The zero-order chi connectivity index (χ0) is 10.7. The van der Waals surface area contributed by atoms with E-state index >= 15 is 0 Å². The van der Waals surface area contributed by atoms with Gasteiger partial charge in [-0.3, -0.25) is 0 Å². The Morgan fingerprint density at radius 1 is 1.36 bits per heavy atom. The Balaban J connectivity index is 3.25. The molecule has 1 unspecified atom stereocenters. The van der Waals surface area contributed by atoms with Crippen LogP contribution in [0.3, 0.4) is 0 Å². The van der Waals surface area contributed by atoms with Gasteiger partial charge in [-0.15, -0.1) is 0 Å². The van der Waals surface area contributed by atoms with Crippen LogP contribution in [0.25, 0.3) is 0 Å². The van der Waals surface area contributed by atoms with Crippen LogP contribution in [0.4, 0.5) is 5.69 Å². The lowest BCUT2D eigenvalue weighted by molar-refractivity contribution is 0.799. The lowest BCUT2D eigenvalue weighted by Gasteiger charge is -2.21. The van der Waals surface area contributed by atoms with Crippen molar-refractivity contribution in [1.82, 2.24) is 0 Å². The highest BCUT2D eigenvalue weighted by Crippen LogP contribution is 2.26. The second kappa shape index (κ2) is 4.47. The molecule has 0 bridgehead atoms. The molecule has 1 aromatic carbocycles. The first kappa shape index (κ1) is 11.1. The summed E-state index contributed by atoms with van der Waals surface area (Å²) in [5.41, 5.74) is 9.85. The van der Waals surface area contributed by atoms with Gasteiger partial charge in [0.2, 0.25) is 0 Å². The van der Waals surface area contributed by atoms with Gasteiger partial charge in [0.05, 0.1) is 0 Å². The van der Waals surface area contributed by atoms with Gasteiger partial charge in [0.15, 0.2) is 0 Å². The summed E-state index contributed by atoms with van der Waals surface area (Å²) in [6.45, 7) is 4.21. The molecular weight excluding hydrogens is 172 g/mol. The average Bonchev–Trinajstić information content (AvgIpc) is 2.16. The monoisotopic (exact) mass is 192 g/mol. The lowest BCUT2D eigenvalue weighted by Crippen LogP contribution is -2.15. The molecule has 14 heavy (non-hydrogen) atoms. The van der Waals surface area contributed by atoms with Gasteiger partial charge in [0.1, 0.15) is 0 Å². The van der Waals surface area contributed by atoms with E-state index in [1.807, 2.05) is 6.92 Å². The normalized spacial score (nSPS) is 12.6. The van der Waals surface area contributed by atoms with E-state index in [4.69, 9.17) is 5.73 Å². The number of anilines is 1. The molecule has 0 heterocycles. The summed E-state index contributed by atoms with van der Waals surface area (Å²) in [6, 6.07) is 6.46. The van der Waals surface area contributed by atoms with Gasteiger partial charge in [-0.25, -0.2) is 0 Å². The van der Waals surface area contributed by atoms with Crippen LogP contribution in [0.5, 0.6) is 0 Å². The van der Waals surface area contributed by atoms with E-state index < -0.39 is 0 Å². The Kier molecular flexibility index (Phi) is 3.53. The van der Waals surface area contributed by atoms with Crippen molar-refractivity contribution >= 4 is 5.69 Å². The number of benzene rings is 1. The van der Waals surface area contributed by atoms with Crippen molar-refractivity contribution in [2.24, 2.45) is 5.73 Å². The predicted molar refractivity (Wildman–Crippen MR) is 62.7 cm³/mol. The van der Waals surface area contributed by atoms with Gasteiger partial charge in [-0.1, -0.05) is 19.1 Å². The van der Waals surface area contributed by atoms with E-state index in [2.05, 4.69) is 44.1 Å². The molecular formula is C12H20N2. The van der Waals surface area contributed by atoms with Crippen molar-refractivity contribution in [3.05, 3.63) is 29.3 Å². The van der Waals surface area contributed by atoms with Crippen molar-refractivity contribution in [2.75, 3.05) is 19.0 Å². The minimum absolute atomic E-state index is 0.116. The third kappa shape index (κ3) is 2.07. The van der Waals surface area contributed by atoms with Gasteiger partial charge in [-0.05, 0) is 30.5 Å². The molecule has 2 heteroatoms. The van der Waals surface area contributed by atoms with Crippen LogP contribution in [0.1, 0.15) is 31.0 Å². The summed E-state index contributed by atoms with van der Waals surface area (Å²) < 4.78 is 0. The van der Waals surface area contributed by atoms with Crippen molar-refractivity contribution in [2.45, 2.75) is 26.3 Å². The highest BCUT2D eigenvalue weighted by atomic mass is 15.1. The first-order valence-corrected chi connectivity index (χ1v) is 5.12. The number of nitrogens with zero attached hydrogens (tertiary/aromatic N) is 1. The molecule has 2 N–H and O–H groups in total. The van der Waals surface area contributed by atoms with Crippen LogP contribution in [0.2, 0.25) is 0 Å². The Bertz CT molecular complexity index is 277. The second-order valence-electron chi connectivity index (χ2n) is 3.88. The lowest BCUT2D eigenvalue weighted by atomic mass is 9.98. The van der Waals surface area contributed by atoms with E-state index in [-0.39, 0.29) is 6.04 Å². The summed E-state index contributed by atoms with van der Waals surface area (Å²) in [5.74, 6) is 0. The van der Waals surface area contributed by atoms with Crippen molar-refractivity contribution in [3.8, 4) is 0 Å². The molecule has 0 saturated heterocycles. The SMILES string of the molecule is CCc1c(C(C)N)cccc1N(C)C. The zero-order valence-electron chi connectivity index (χ0n) is 9.54. The summed E-state index contributed by atoms with van der Waals surface area (Å²) in [4.78, 5) is 2.14. The van der Waals surface area contributed by atoms with E-state index in [1.54, 1.807) is 0 Å². The molecule has 0 radical (unpaired) electrons. The minimum Gasteiger partial charge on any atom is -0.377 e. The Morgan fingerprint density at radius 3 is 2.43 bits per heavy atom. The summed E-state index contributed by atoms with van der Waals surface area (Å²) in [5, 5.41) is 0. The van der Waals surface area contributed by atoms with Gasteiger partial charge < -0.3 is 10.6 Å². The molecule has 1 rings (SSSR count). The molecule has 0 amide bonds. The van der Waals surface area contributed by atoms with Crippen LogP contribution in [0, 0.1) is 0 Å². The molecule has 0 spiro atoms. The predicted octanol–water partition coefficient (Wildman–Crippen LogP) is 2.33. The zero-order valence-corrected chi connectivity index (χ0v) is 9.54. The highest BCUT2D eigenvalue weighted by molar-refractivity contribution is 5.56. The maximum atomic E-state index is 5.94. The third-order valence-corrected chi connectivity index (χ3v) is 2.51. The molecule has 0 aliphatic carbocycles. The molecule has 0 aliphatic rings. The fourth-order valence-corrected chi connectivity index (χ4v) is 1.82. The maximum absolute atomic E-state index is 5.94. The van der Waals surface area contributed by atoms with E-state index in [1.165, 1.54) is 16.8 Å². The van der Waals surface area contributed by atoms with Crippen LogP contribution in [-0.2, 0) is 6.42 Å². The summed E-state index contributed by atoms with van der Waals surface area (Å²) in [7, 11) is 4.14. The van der Waals surface area contributed by atoms with Crippen LogP contribution in [-0.4, -0.2) is 14.1 Å². The van der Waals surface area contributed by atoms with E-state index in [0.717, 1.165) is 6.42 Å². The van der Waals surface area contributed by atoms with Gasteiger partial charge in [0, 0.05) is 25.8 Å². The first-order chi connectivity index (χ1) is 6.57. The maximum Gasteiger partial charge on any atom is 0.0396 e. The minimum atomic E-state index is 0.116. The standard InChI is InChI=1S/C12H20N2/c1-5-10-11(9(2)13)7-6-8-12(10)14(3)4/h6-9H,5,13H2,1-4H3. The van der Waals surface area contributed by atoms with Crippen molar-refractivity contribution in [3.63, 3.8) is 0 Å². The smallest absolute Gasteiger partial charge is 0.0396 e. The van der Waals surface area contributed by atoms with Crippen LogP contribution in [0.15, 0.2) is 18.2 Å². The molecule has 2 nitrogen and oxygen atoms in total. The fraction of sp³-hybridized carbons (Fsp3) is 0.500. The highest BCUT2D eigenvalue weighted by Gasteiger charge is 2.10. The Morgan fingerprint density at radius 2 is 2.00 bits per heavy atom. The molecule has 1 aromatic rings. The van der Waals surface area contributed by atoms with Crippen LogP contribution < -0.4 is 10.6 Å². The third-order valence-electron chi connectivity index (χ3n) is 2.51. The number of rotatable bonds is 3. The van der Waals surface area contributed by atoms with Gasteiger partial charge in [0.25, 0.3) is 0 Å². The van der Waals surface area contributed by atoms with Crippen LogP contribution >= 0.6 is 0 Å². The average molecular weight is 192 g/mol. The quantitative estimate of drug-likeness (QED) is 0.796. The molecule has 78 valence electrons. The molecule has 1 atom stereocenters. The number of nitrogens with two attached hydrogens (primary N) is 1. The largest absolute Gasteiger partial charge is 0.377 e. The Hall–Kier alpha value is -1.02. The van der Waals surface area contributed by atoms with Gasteiger partial charge >= 0.3 is 0 Å². The summed E-state index contributed by atoms with van der Waals surface area (Å²) >= 11 is 0. The van der Waals surface area contributed by atoms with E-state index in [9.17, 15) is 0 Å². The Labute approximate surface area is 86.7 Å². The molecule has 0 saturated carbocycles. The van der Waals surface area contributed by atoms with Gasteiger partial charge in [-0.2, -0.15) is 0 Å². The van der Waals surface area contributed by atoms with E-state index in [0.29, 0.717) is 0 Å². The molecule has 0 aliphatic heterocycles.